The maximum atomic E-state index is 12.9. The topological polar surface area (TPSA) is 88.1 Å². The van der Waals surface area contributed by atoms with Crippen molar-refractivity contribution in [1.82, 2.24) is 20.4 Å². The van der Waals surface area contributed by atoms with E-state index >= 15 is 0 Å². The van der Waals surface area contributed by atoms with Crippen LogP contribution in [0.4, 0.5) is 15.0 Å². The smallest absolute Gasteiger partial charge is 0.320 e. The van der Waals surface area contributed by atoms with Crippen molar-refractivity contribution in [3.8, 4) is 0 Å². The Morgan fingerprint density at radius 3 is 2.67 bits per heavy atom. The van der Waals surface area contributed by atoms with Gasteiger partial charge in [-0.05, 0) is 30.5 Å². The van der Waals surface area contributed by atoms with Crippen LogP contribution in [0.2, 0.25) is 0 Å². The van der Waals surface area contributed by atoms with Crippen molar-refractivity contribution in [3.63, 3.8) is 0 Å². The quantitative estimate of drug-likeness (QED) is 0.749. The summed E-state index contributed by atoms with van der Waals surface area (Å²) in [6, 6.07) is 7.48. The van der Waals surface area contributed by atoms with Crippen molar-refractivity contribution in [2.75, 3.05) is 11.9 Å². The number of aromatic nitrogens is 2. The fraction of sp³-hybridized carbons (Fsp3) is 0.312. The van der Waals surface area contributed by atoms with Crippen molar-refractivity contribution in [3.05, 3.63) is 47.9 Å². The van der Waals surface area contributed by atoms with Gasteiger partial charge in [0.05, 0.1) is 19.3 Å². The van der Waals surface area contributed by atoms with Gasteiger partial charge >= 0.3 is 6.03 Å². The third-order valence-corrected chi connectivity index (χ3v) is 3.56. The lowest BCUT2D eigenvalue weighted by Gasteiger charge is -2.10. The number of benzene rings is 1. The first-order valence-corrected chi connectivity index (χ1v) is 7.70. The van der Waals surface area contributed by atoms with Gasteiger partial charge in [0.1, 0.15) is 11.6 Å². The minimum atomic E-state index is -0.484. The van der Waals surface area contributed by atoms with Crippen molar-refractivity contribution >= 4 is 17.8 Å². The summed E-state index contributed by atoms with van der Waals surface area (Å²) in [5, 5.41) is 12.1. The Kier molecular flexibility index (Phi) is 4.74. The van der Waals surface area contributed by atoms with Crippen molar-refractivity contribution < 1.29 is 14.0 Å². The fourth-order valence-electron chi connectivity index (χ4n) is 2.16. The van der Waals surface area contributed by atoms with Crippen LogP contribution in [0.1, 0.15) is 18.4 Å². The van der Waals surface area contributed by atoms with Gasteiger partial charge in [0.2, 0.25) is 5.91 Å². The summed E-state index contributed by atoms with van der Waals surface area (Å²) < 4.78 is 14.5. The maximum absolute atomic E-state index is 12.9. The molecule has 0 spiro atoms. The van der Waals surface area contributed by atoms with Crippen LogP contribution in [0.5, 0.6) is 0 Å². The van der Waals surface area contributed by atoms with Crippen molar-refractivity contribution in [1.29, 1.82) is 0 Å². The number of carbonyl (C=O) groups excluding carboxylic acids is 2. The van der Waals surface area contributed by atoms with Crippen LogP contribution < -0.4 is 16.0 Å². The lowest BCUT2D eigenvalue weighted by Crippen LogP contribution is -2.39. The Morgan fingerprint density at radius 2 is 1.96 bits per heavy atom. The van der Waals surface area contributed by atoms with Gasteiger partial charge in [-0.2, -0.15) is 5.10 Å². The predicted molar refractivity (Wildman–Crippen MR) is 85.9 cm³/mol. The van der Waals surface area contributed by atoms with E-state index in [4.69, 9.17) is 0 Å². The molecule has 1 aliphatic carbocycles. The largest absolute Gasteiger partial charge is 0.352 e. The van der Waals surface area contributed by atoms with Gasteiger partial charge in [-0.3, -0.25) is 10.1 Å². The van der Waals surface area contributed by atoms with E-state index in [1.54, 1.807) is 29.1 Å². The molecular weight excluding hydrogens is 313 g/mol. The van der Waals surface area contributed by atoms with E-state index in [0.29, 0.717) is 12.4 Å². The van der Waals surface area contributed by atoms with Gasteiger partial charge < -0.3 is 10.6 Å². The second-order valence-corrected chi connectivity index (χ2v) is 5.65. The van der Waals surface area contributed by atoms with Gasteiger partial charge in [0, 0.05) is 12.1 Å². The molecule has 0 atom stereocenters. The first-order valence-electron chi connectivity index (χ1n) is 7.70. The molecule has 1 aromatic heterocycles. The van der Waals surface area contributed by atoms with Crippen LogP contribution in [0.3, 0.4) is 0 Å². The second kappa shape index (κ2) is 7.12. The second-order valence-electron chi connectivity index (χ2n) is 5.65. The molecule has 1 heterocycles. The Morgan fingerprint density at radius 1 is 1.21 bits per heavy atom. The zero-order valence-corrected chi connectivity index (χ0v) is 13.0. The number of amides is 3. The molecule has 1 fully saturated rings. The van der Waals surface area contributed by atoms with E-state index in [0.717, 1.165) is 18.4 Å². The summed E-state index contributed by atoms with van der Waals surface area (Å²) in [6.45, 7) is 0.319. The molecule has 7 nitrogen and oxygen atoms in total. The van der Waals surface area contributed by atoms with E-state index in [2.05, 4.69) is 21.0 Å². The number of hydrogen-bond acceptors (Lipinski definition) is 3. The molecule has 0 saturated heterocycles. The molecule has 2 aromatic rings. The van der Waals surface area contributed by atoms with Gasteiger partial charge in [-0.25, -0.2) is 13.9 Å². The molecular formula is C16H18FN5O2. The van der Waals surface area contributed by atoms with Crippen molar-refractivity contribution in [2.45, 2.75) is 25.4 Å². The monoisotopic (exact) mass is 331 g/mol. The van der Waals surface area contributed by atoms with Crippen LogP contribution in [-0.4, -0.2) is 34.3 Å². The molecule has 1 saturated carbocycles. The van der Waals surface area contributed by atoms with Gasteiger partial charge in [-0.15, -0.1) is 0 Å². The normalized spacial score (nSPS) is 13.4. The number of urea groups is 1. The summed E-state index contributed by atoms with van der Waals surface area (Å²) >= 11 is 0. The Hall–Kier alpha value is -2.90. The van der Waals surface area contributed by atoms with Crippen LogP contribution in [-0.2, 0) is 11.3 Å². The standard InChI is InChI=1S/C16H18FN5O2/c17-12-3-1-11(2-4-12)10-22-14(7-8-19-22)21-16(24)18-9-15(23)20-13-5-6-13/h1-4,7-8,13H,5-6,9-10H2,(H,20,23)(H2,18,21,24). The predicted octanol–water partition coefficient (Wildman–Crippen LogP) is 1.47. The molecule has 1 aromatic carbocycles. The van der Waals surface area contributed by atoms with E-state index in [1.807, 2.05) is 0 Å². The maximum Gasteiger partial charge on any atom is 0.320 e. The number of anilines is 1. The van der Waals surface area contributed by atoms with E-state index < -0.39 is 6.03 Å². The van der Waals surface area contributed by atoms with E-state index in [1.165, 1.54) is 12.1 Å². The molecule has 24 heavy (non-hydrogen) atoms. The molecule has 3 rings (SSSR count). The first-order chi connectivity index (χ1) is 11.6. The Labute approximate surface area is 138 Å². The van der Waals surface area contributed by atoms with Crippen LogP contribution in [0, 0.1) is 5.82 Å². The molecule has 0 unspecified atom stereocenters. The SMILES string of the molecule is O=C(CNC(=O)Nc1ccnn1Cc1ccc(F)cc1)NC1CC1. The molecule has 126 valence electrons. The van der Waals surface area contributed by atoms with E-state index in [-0.39, 0.29) is 24.3 Å². The summed E-state index contributed by atoms with van der Waals surface area (Å²) in [6.07, 6.45) is 3.56. The minimum absolute atomic E-state index is 0.0750. The lowest BCUT2D eigenvalue weighted by atomic mass is 10.2. The Bertz CT molecular complexity index is 724. The summed E-state index contributed by atoms with van der Waals surface area (Å²) in [5.74, 6) is -0.0201. The molecule has 3 amide bonds. The average molecular weight is 331 g/mol. The van der Waals surface area contributed by atoms with Crippen LogP contribution >= 0.6 is 0 Å². The van der Waals surface area contributed by atoms with Crippen LogP contribution in [0.15, 0.2) is 36.5 Å². The highest BCUT2D eigenvalue weighted by Crippen LogP contribution is 2.18. The van der Waals surface area contributed by atoms with Crippen molar-refractivity contribution in [2.24, 2.45) is 0 Å². The molecule has 8 heteroatoms. The molecule has 3 N–H and O–H groups in total. The molecule has 0 aliphatic heterocycles. The van der Waals surface area contributed by atoms with Gasteiger partial charge in [-0.1, -0.05) is 12.1 Å². The number of carbonyl (C=O) groups is 2. The zero-order valence-electron chi connectivity index (χ0n) is 13.0. The molecule has 1 aliphatic rings. The zero-order chi connectivity index (χ0) is 16.9. The first kappa shape index (κ1) is 16.0. The Balaban J connectivity index is 1.51. The number of nitrogens with zero attached hydrogens (tertiary/aromatic N) is 2. The van der Waals surface area contributed by atoms with E-state index in [9.17, 15) is 14.0 Å². The number of hydrogen-bond donors (Lipinski definition) is 3. The lowest BCUT2D eigenvalue weighted by molar-refractivity contribution is -0.120. The van der Waals surface area contributed by atoms with Crippen LogP contribution in [0.25, 0.3) is 0 Å². The van der Waals surface area contributed by atoms with Gasteiger partial charge in [0.15, 0.2) is 0 Å². The summed E-state index contributed by atoms with van der Waals surface area (Å²) in [5.41, 5.74) is 0.854. The average Bonchev–Trinajstić information content (AvgIpc) is 3.27. The molecule has 0 radical (unpaired) electrons. The fourth-order valence-corrected chi connectivity index (χ4v) is 2.16. The third-order valence-electron chi connectivity index (χ3n) is 3.56. The number of nitrogens with one attached hydrogen (secondary N) is 3. The highest BCUT2D eigenvalue weighted by molar-refractivity contribution is 5.91. The summed E-state index contributed by atoms with van der Waals surface area (Å²) in [4.78, 5) is 23.4. The summed E-state index contributed by atoms with van der Waals surface area (Å²) in [7, 11) is 0. The highest BCUT2D eigenvalue weighted by atomic mass is 19.1. The minimum Gasteiger partial charge on any atom is -0.352 e. The van der Waals surface area contributed by atoms with Gasteiger partial charge in [0.25, 0.3) is 0 Å². The number of rotatable bonds is 6. The number of halogens is 1. The third kappa shape index (κ3) is 4.55. The molecule has 0 bridgehead atoms. The highest BCUT2D eigenvalue weighted by Gasteiger charge is 2.23.